The smallest absolute Gasteiger partial charge is 0.0645 e. The summed E-state index contributed by atoms with van der Waals surface area (Å²) in [5.41, 5.74) is -0.438. The van der Waals surface area contributed by atoms with Gasteiger partial charge in [-0.2, -0.15) is 0 Å². The summed E-state index contributed by atoms with van der Waals surface area (Å²) in [7, 11) is 0. The SMILES string of the molecule is CCCCC(C)(O)C(C)CCC. The molecule has 0 aliphatic rings. The third-order valence-corrected chi connectivity index (χ3v) is 2.82. The quantitative estimate of drug-likeness (QED) is 0.651. The van der Waals surface area contributed by atoms with Gasteiger partial charge in [-0.25, -0.2) is 0 Å². The van der Waals surface area contributed by atoms with Crippen LogP contribution >= 0.6 is 0 Å². The monoisotopic (exact) mass is 172 g/mol. The van der Waals surface area contributed by atoms with Gasteiger partial charge in [0.25, 0.3) is 0 Å². The highest BCUT2D eigenvalue weighted by Crippen LogP contribution is 2.26. The van der Waals surface area contributed by atoms with E-state index in [-0.39, 0.29) is 0 Å². The summed E-state index contributed by atoms with van der Waals surface area (Å²) >= 11 is 0. The molecule has 0 aromatic rings. The molecule has 0 saturated carbocycles. The standard InChI is InChI=1S/C11H24O/c1-5-7-9-11(4,12)10(3)8-6-2/h10,12H,5-9H2,1-4H3. The minimum Gasteiger partial charge on any atom is -0.390 e. The lowest BCUT2D eigenvalue weighted by molar-refractivity contribution is -0.00701. The van der Waals surface area contributed by atoms with Crippen LogP contribution in [0.2, 0.25) is 0 Å². The van der Waals surface area contributed by atoms with E-state index in [1.807, 2.05) is 6.92 Å². The number of unbranched alkanes of at least 4 members (excludes halogenated alkanes) is 1. The van der Waals surface area contributed by atoms with Gasteiger partial charge >= 0.3 is 0 Å². The van der Waals surface area contributed by atoms with Crippen LogP contribution in [-0.2, 0) is 0 Å². The third-order valence-electron chi connectivity index (χ3n) is 2.82. The third kappa shape index (κ3) is 4.10. The van der Waals surface area contributed by atoms with Crippen LogP contribution in [0.1, 0.15) is 59.8 Å². The molecule has 1 N–H and O–H groups in total. The van der Waals surface area contributed by atoms with Crippen LogP contribution < -0.4 is 0 Å². The second-order valence-corrected chi connectivity index (χ2v) is 4.15. The molecule has 0 fully saturated rings. The fourth-order valence-corrected chi connectivity index (χ4v) is 1.53. The maximum absolute atomic E-state index is 10.0. The Labute approximate surface area is 77.2 Å². The Bertz CT molecular complexity index is 108. The normalized spacial score (nSPS) is 18.8. The predicted molar refractivity (Wildman–Crippen MR) is 54.2 cm³/mol. The Balaban J connectivity index is 3.81. The largest absolute Gasteiger partial charge is 0.390 e. The van der Waals surface area contributed by atoms with Gasteiger partial charge in [-0.05, 0) is 25.7 Å². The van der Waals surface area contributed by atoms with E-state index in [0.29, 0.717) is 5.92 Å². The average molecular weight is 172 g/mol. The summed E-state index contributed by atoms with van der Waals surface area (Å²) in [6.45, 7) is 8.47. The summed E-state index contributed by atoms with van der Waals surface area (Å²) in [6, 6.07) is 0. The zero-order valence-corrected chi connectivity index (χ0v) is 9.06. The second-order valence-electron chi connectivity index (χ2n) is 4.15. The summed E-state index contributed by atoms with van der Waals surface area (Å²) in [6.07, 6.45) is 5.57. The zero-order chi connectivity index (χ0) is 9.61. The highest BCUT2D eigenvalue weighted by atomic mass is 16.3. The van der Waals surface area contributed by atoms with Gasteiger partial charge in [-0.1, -0.05) is 40.0 Å². The first kappa shape index (κ1) is 12.0. The molecule has 1 nitrogen and oxygen atoms in total. The molecule has 0 aliphatic carbocycles. The molecule has 2 atom stereocenters. The first-order valence-electron chi connectivity index (χ1n) is 5.27. The summed E-state index contributed by atoms with van der Waals surface area (Å²) in [4.78, 5) is 0. The van der Waals surface area contributed by atoms with Crippen molar-refractivity contribution in [1.82, 2.24) is 0 Å². The average Bonchev–Trinajstić information content (AvgIpc) is 2.01. The first-order chi connectivity index (χ1) is 5.54. The summed E-state index contributed by atoms with van der Waals surface area (Å²) in [5.74, 6) is 0.439. The summed E-state index contributed by atoms with van der Waals surface area (Å²) in [5, 5.41) is 10.0. The van der Waals surface area contributed by atoms with Crippen LogP contribution in [0.5, 0.6) is 0 Å². The topological polar surface area (TPSA) is 20.2 Å². The minimum absolute atomic E-state index is 0.438. The van der Waals surface area contributed by atoms with Gasteiger partial charge in [-0.3, -0.25) is 0 Å². The van der Waals surface area contributed by atoms with Gasteiger partial charge < -0.3 is 5.11 Å². The molecule has 2 unspecified atom stereocenters. The van der Waals surface area contributed by atoms with Gasteiger partial charge in [0.2, 0.25) is 0 Å². The Kier molecular flexibility index (Phi) is 5.56. The van der Waals surface area contributed by atoms with E-state index in [1.54, 1.807) is 0 Å². The van der Waals surface area contributed by atoms with E-state index in [9.17, 15) is 5.11 Å². The number of hydrogen-bond donors (Lipinski definition) is 1. The highest BCUT2D eigenvalue weighted by molar-refractivity contribution is 4.78. The fourth-order valence-electron chi connectivity index (χ4n) is 1.53. The maximum atomic E-state index is 10.0. The Morgan fingerprint density at radius 2 is 1.83 bits per heavy atom. The van der Waals surface area contributed by atoms with Crippen LogP contribution in [0.3, 0.4) is 0 Å². The van der Waals surface area contributed by atoms with Gasteiger partial charge in [0.15, 0.2) is 0 Å². The van der Waals surface area contributed by atoms with Crippen molar-refractivity contribution in [3.63, 3.8) is 0 Å². The molecule has 0 aromatic carbocycles. The van der Waals surface area contributed by atoms with Crippen LogP contribution in [0, 0.1) is 5.92 Å². The molecular formula is C11H24O. The van der Waals surface area contributed by atoms with Crippen LogP contribution in [0.4, 0.5) is 0 Å². The molecular weight excluding hydrogens is 148 g/mol. The van der Waals surface area contributed by atoms with Gasteiger partial charge in [0, 0.05) is 0 Å². The van der Waals surface area contributed by atoms with Crippen LogP contribution in [0.15, 0.2) is 0 Å². The molecule has 0 amide bonds. The first-order valence-corrected chi connectivity index (χ1v) is 5.27. The molecule has 0 radical (unpaired) electrons. The molecule has 0 spiro atoms. The van der Waals surface area contributed by atoms with Crippen molar-refractivity contribution in [3.8, 4) is 0 Å². The Hall–Kier alpha value is -0.0400. The van der Waals surface area contributed by atoms with Gasteiger partial charge in [0.1, 0.15) is 0 Å². The van der Waals surface area contributed by atoms with Gasteiger partial charge in [-0.15, -0.1) is 0 Å². The van der Waals surface area contributed by atoms with E-state index < -0.39 is 5.60 Å². The number of hydrogen-bond acceptors (Lipinski definition) is 1. The predicted octanol–water partition coefficient (Wildman–Crippen LogP) is 3.36. The lowest BCUT2D eigenvalue weighted by atomic mass is 9.83. The maximum Gasteiger partial charge on any atom is 0.0645 e. The van der Waals surface area contributed by atoms with Crippen molar-refractivity contribution < 1.29 is 5.11 Å². The molecule has 0 heterocycles. The van der Waals surface area contributed by atoms with Gasteiger partial charge in [0.05, 0.1) is 5.60 Å². The second kappa shape index (κ2) is 5.58. The van der Waals surface area contributed by atoms with E-state index in [0.717, 1.165) is 19.3 Å². The Morgan fingerprint density at radius 3 is 2.25 bits per heavy atom. The molecule has 0 aliphatic heterocycles. The van der Waals surface area contributed by atoms with Crippen molar-refractivity contribution in [3.05, 3.63) is 0 Å². The van der Waals surface area contributed by atoms with E-state index in [1.165, 1.54) is 12.8 Å². The van der Waals surface area contributed by atoms with E-state index in [2.05, 4.69) is 20.8 Å². The van der Waals surface area contributed by atoms with E-state index >= 15 is 0 Å². The van der Waals surface area contributed by atoms with Crippen LogP contribution in [-0.4, -0.2) is 10.7 Å². The Morgan fingerprint density at radius 1 is 1.25 bits per heavy atom. The molecule has 0 bridgehead atoms. The zero-order valence-electron chi connectivity index (χ0n) is 9.06. The van der Waals surface area contributed by atoms with Crippen molar-refractivity contribution >= 4 is 0 Å². The fraction of sp³-hybridized carbons (Fsp3) is 1.00. The number of aliphatic hydroxyl groups is 1. The minimum atomic E-state index is -0.438. The number of rotatable bonds is 6. The molecule has 0 aromatic heterocycles. The molecule has 0 rings (SSSR count). The van der Waals surface area contributed by atoms with E-state index in [4.69, 9.17) is 0 Å². The lowest BCUT2D eigenvalue weighted by Crippen LogP contribution is -2.32. The lowest BCUT2D eigenvalue weighted by Gasteiger charge is -2.30. The summed E-state index contributed by atoms with van der Waals surface area (Å²) < 4.78 is 0. The van der Waals surface area contributed by atoms with Crippen LogP contribution in [0.25, 0.3) is 0 Å². The molecule has 12 heavy (non-hydrogen) atoms. The molecule has 0 saturated heterocycles. The highest BCUT2D eigenvalue weighted by Gasteiger charge is 2.26. The van der Waals surface area contributed by atoms with Crippen molar-refractivity contribution in [2.75, 3.05) is 0 Å². The van der Waals surface area contributed by atoms with Crippen molar-refractivity contribution in [2.24, 2.45) is 5.92 Å². The molecule has 74 valence electrons. The molecule has 1 heteroatoms. The van der Waals surface area contributed by atoms with Crippen molar-refractivity contribution in [2.45, 2.75) is 65.4 Å². The van der Waals surface area contributed by atoms with Crippen molar-refractivity contribution in [1.29, 1.82) is 0 Å².